The molecule has 0 atom stereocenters. The number of methoxy groups -OCH3 is 2. The highest BCUT2D eigenvalue weighted by molar-refractivity contribution is 7.98. The predicted octanol–water partition coefficient (Wildman–Crippen LogP) is 4.67. The van der Waals surface area contributed by atoms with E-state index >= 15 is 0 Å². The lowest BCUT2D eigenvalue weighted by atomic mass is 9.96. The fraction of sp³-hybridized carbons (Fsp3) is 0.423. The minimum Gasteiger partial charge on any atom is -0.493 e. The molecule has 0 saturated carbocycles. The Morgan fingerprint density at radius 2 is 1.89 bits per heavy atom. The van der Waals surface area contributed by atoms with Crippen LogP contribution in [-0.2, 0) is 17.1 Å². The molecular formula is C26H31ClN4O4S. The molecule has 3 aromatic rings. The number of halogens is 1. The molecule has 1 amide bonds. The highest BCUT2D eigenvalue weighted by Gasteiger charge is 2.26. The smallest absolute Gasteiger partial charge is 0.241 e. The number of carbonyl (C=O) groups is 1. The summed E-state index contributed by atoms with van der Waals surface area (Å²) < 4.78 is 16.1. The van der Waals surface area contributed by atoms with E-state index in [0.29, 0.717) is 36.3 Å². The number of aromatic nitrogens is 2. The zero-order valence-corrected chi connectivity index (χ0v) is 22.1. The molecule has 0 unspecified atom stereocenters. The van der Waals surface area contributed by atoms with Gasteiger partial charge in [0.2, 0.25) is 17.6 Å². The maximum Gasteiger partial charge on any atom is 0.241 e. The molecule has 0 aliphatic carbocycles. The lowest BCUT2D eigenvalue weighted by molar-refractivity contribution is -0.126. The van der Waals surface area contributed by atoms with Crippen LogP contribution in [0.2, 0.25) is 5.02 Å². The summed E-state index contributed by atoms with van der Waals surface area (Å²) in [6.07, 6.45) is 1.64. The van der Waals surface area contributed by atoms with Gasteiger partial charge in [0.25, 0.3) is 0 Å². The Labute approximate surface area is 220 Å². The molecule has 0 radical (unpaired) electrons. The molecule has 10 heteroatoms. The Morgan fingerprint density at radius 1 is 1.14 bits per heavy atom. The number of likely N-dealkylation sites (tertiary alicyclic amines) is 1. The van der Waals surface area contributed by atoms with E-state index in [2.05, 4.69) is 20.4 Å². The average molecular weight is 531 g/mol. The third-order valence-corrected chi connectivity index (χ3v) is 7.44. The second kappa shape index (κ2) is 13.0. The fourth-order valence-electron chi connectivity index (χ4n) is 4.12. The van der Waals surface area contributed by atoms with E-state index in [-0.39, 0.29) is 11.8 Å². The maximum absolute atomic E-state index is 12.6. The molecule has 0 spiro atoms. The maximum atomic E-state index is 12.6. The normalized spacial score (nSPS) is 14.5. The van der Waals surface area contributed by atoms with Gasteiger partial charge < -0.3 is 19.3 Å². The second-order valence-corrected chi connectivity index (χ2v) is 10.1. The van der Waals surface area contributed by atoms with E-state index in [9.17, 15) is 4.79 Å². The summed E-state index contributed by atoms with van der Waals surface area (Å²) in [4.78, 5) is 19.4. The molecular weight excluding hydrogens is 500 g/mol. The quantitative estimate of drug-likeness (QED) is 0.358. The van der Waals surface area contributed by atoms with Crippen LogP contribution in [0.1, 0.15) is 24.3 Å². The van der Waals surface area contributed by atoms with Gasteiger partial charge in [-0.05, 0) is 61.8 Å². The van der Waals surface area contributed by atoms with Gasteiger partial charge in [0.15, 0.2) is 11.5 Å². The number of hydrogen-bond donors (Lipinski definition) is 1. The summed E-state index contributed by atoms with van der Waals surface area (Å²) in [6, 6.07) is 13.4. The van der Waals surface area contributed by atoms with E-state index in [1.807, 2.05) is 42.5 Å². The molecule has 2 heterocycles. The number of benzene rings is 2. The molecule has 36 heavy (non-hydrogen) atoms. The summed E-state index contributed by atoms with van der Waals surface area (Å²) >= 11 is 7.72. The zero-order valence-electron chi connectivity index (χ0n) is 20.5. The Hall–Kier alpha value is -2.75. The molecule has 0 bridgehead atoms. The molecule has 1 N–H and O–H groups in total. The zero-order chi connectivity index (χ0) is 25.3. The second-order valence-electron chi connectivity index (χ2n) is 8.60. The highest BCUT2D eigenvalue weighted by atomic mass is 35.5. The molecule has 192 valence electrons. The largest absolute Gasteiger partial charge is 0.493 e. The Bertz CT molecular complexity index is 1130. The number of amides is 1. The van der Waals surface area contributed by atoms with Crippen molar-refractivity contribution in [3.05, 3.63) is 58.9 Å². The molecule has 1 aliphatic rings. The van der Waals surface area contributed by atoms with Crippen LogP contribution in [0.4, 0.5) is 0 Å². The standard InChI is InChI=1S/C26H31ClN4O4S/c1-33-22-8-5-20(15-23(22)34-2)25-29-24(35-30-25)16-31-12-9-19(10-13-31)26(32)28-11-14-36-17-18-3-6-21(27)7-4-18/h3-8,15,19H,9-14,16-17H2,1-2H3,(H,28,32). The summed E-state index contributed by atoms with van der Waals surface area (Å²) in [5.74, 6) is 4.31. The van der Waals surface area contributed by atoms with Crippen LogP contribution in [0.15, 0.2) is 47.0 Å². The molecule has 1 saturated heterocycles. The number of hydrogen-bond acceptors (Lipinski definition) is 8. The van der Waals surface area contributed by atoms with Gasteiger partial charge in [0.1, 0.15) is 0 Å². The van der Waals surface area contributed by atoms with Gasteiger partial charge in [-0.15, -0.1) is 0 Å². The molecule has 4 rings (SSSR count). The minimum absolute atomic E-state index is 0.0486. The number of piperidine rings is 1. The van der Waals surface area contributed by atoms with Gasteiger partial charge in [-0.25, -0.2) is 0 Å². The van der Waals surface area contributed by atoms with Crippen LogP contribution >= 0.6 is 23.4 Å². The van der Waals surface area contributed by atoms with E-state index in [4.69, 9.17) is 25.6 Å². The van der Waals surface area contributed by atoms with Gasteiger partial charge in [-0.2, -0.15) is 16.7 Å². The number of ether oxygens (including phenoxy) is 2. The monoisotopic (exact) mass is 530 g/mol. The van der Waals surface area contributed by atoms with E-state index in [1.54, 1.807) is 26.0 Å². The third kappa shape index (κ3) is 7.15. The minimum atomic E-state index is 0.0486. The number of thioether (sulfide) groups is 1. The van der Waals surface area contributed by atoms with Crippen LogP contribution in [-0.4, -0.2) is 60.6 Å². The summed E-state index contributed by atoms with van der Waals surface area (Å²) in [5, 5.41) is 7.96. The van der Waals surface area contributed by atoms with E-state index in [0.717, 1.165) is 48.0 Å². The summed E-state index contributed by atoms with van der Waals surface area (Å²) in [6.45, 7) is 2.88. The lowest BCUT2D eigenvalue weighted by Gasteiger charge is -2.30. The number of nitrogens with one attached hydrogen (secondary N) is 1. The van der Waals surface area contributed by atoms with Crippen molar-refractivity contribution < 1.29 is 18.8 Å². The lowest BCUT2D eigenvalue weighted by Crippen LogP contribution is -2.40. The number of rotatable bonds is 11. The number of nitrogens with zero attached hydrogens (tertiary/aromatic N) is 3. The molecule has 2 aromatic carbocycles. The first kappa shape index (κ1) is 26.3. The van der Waals surface area contributed by atoms with Gasteiger partial charge in [0.05, 0.1) is 20.8 Å². The predicted molar refractivity (Wildman–Crippen MR) is 141 cm³/mol. The van der Waals surface area contributed by atoms with Crippen LogP contribution in [0.25, 0.3) is 11.4 Å². The molecule has 1 aromatic heterocycles. The van der Waals surface area contributed by atoms with Crippen molar-refractivity contribution in [2.24, 2.45) is 5.92 Å². The van der Waals surface area contributed by atoms with Crippen LogP contribution < -0.4 is 14.8 Å². The van der Waals surface area contributed by atoms with Crippen molar-refractivity contribution in [2.45, 2.75) is 25.1 Å². The van der Waals surface area contributed by atoms with Crippen molar-refractivity contribution in [3.8, 4) is 22.9 Å². The SMILES string of the molecule is COc1ccc(-c2noc(CN3CCC(C(=O)NCCSCc4ccc(Cl)cc4)CC3)n2)cc1OC. The van der Waals surface area contributed by atoms with Crippen LogP contribution in [0.5, 0.6) is 11.5 Å². The Kier molecular flexibility index (Phi) is 9.49. The van der Waals surface area contributed by atoms with E-state index in [1.165, 1.54) is 5.56 Å². The van der Waals surface area contributed by atoms with Crippen LogP contribution in [0.3, 0.4) is 0 Å². The first-order valence-electron chi connectivity index (χ1n) is 11.9. The summed E-state index contributed by atoms with van der Waals surface area (Å²) in [5.41, 5.74) is 2.03. The molecule has 8 nitrogen and oxygen atoms in total. The topological polar surface area (TPSA) is 89.7 Å². The van der Waals surface area contributed by atoms with Gasteiger partial charge >= 0.3 is 0 Å². The van der Waals surface area contributed by atoms with Gasteiger partial charge in [-0.3, -0.25) is 9.69 Å². The highest BCUT2D eigenvalue weighted by Crippen LogP contribution is 2.31. The van der Waals surface area contributed by atoms with Gasteiger partial charge in [-0.1, -0.05) is 28.9 Å². The van der Waals surface area contributed by atoms with Crippen molar-refractivity contribution >= 4 is 29.3 Å². The Morgan fingerprint density at radius 3 is 2.61 bits per heavy atom. The summed E-state index contributed by atoms with van der Waals surface area (Å²) in [7, 11) is 3.19. The first-order chi connectivity index (χ1) is 17.6. The number of carbonyl (C=O) groups excluding carboxylic acids is 1. The van der Waals surface area contributed by atoms with Crippen molar-refractivity contribution in [2.75, 3.05) is 39.6 Å². The van der Waals surface area contributed by atoms with Crippen LogP contribution in [0, 0.1) is 5.92 Å². The van der Waals surface area contributed by atoms with Crippen molar-refractivity contribution in [1.82, 2.24) is 20.4 Å². The fourth-order valence-corrected chi connectivity index (χ4v) is 5.06. The van der Waals surface area contributed by atoms with Crippen molar-refractivity contribution in [1.29, 1.82) is 0 Å². The molecule has 1 fully saturated rings. The molecule has 1 aliphatic heterocycles. The first-order valence-corrected chi connectivity index (χ1v) is 13.5. The van der Waals surface area contributed by atoms with Gasteiger partial charge in [0, 0.05) is 34.6 Å². The third-order valence-electron chi connectivity index (χ3n) is 6.15. The van der Waals surface area contributed by atoms with Crippen molar-refractivity contribution in [3.63, 3.8) is 0 Å². The Balaban J connectivity index is 1.17. The average Bonchev–Trinajstić information content (AvgIpc) is 3.38. The van der Waals surface area contributed by atoms with E-state index < -0.39 is 0 Å².